The molecule has 2 aliphatic rings. The van der Waals surface area contributed by atoms with E-state index < -0.39 is 0 Å². The molecule has 0 aliphatic carbocycles. The second kappa shape index (κ2) is 6.80. The Balaban J connectivity index is 1.39. The molecule has 2 fully saturated rings. The van der Waals surface area contributed by atoms with Gasteiger partial charge in [0.05, 0.1) is 7.11 Å². The van der Waals surface area contributed by atoms with Crippen LogP contribution in [0, 0.1) is 5.92 Å². The molecule has 6 nitrogen and oxygen atoms in total. The number of piperidine rings is 1. The molecule has 1 amide bonds. The minimum Gasteiger partial charge on any atom is -0.497 e. The van der Waals surface area contributed by atoms with E-state index in [4.69, 9.17) is 4.74 Å². The van der Waals surface area contributed by atoms with E-state index in [1.165, 1.54) is 0 Å². The summed E-state index contributed by atoms with van der Waals surface area (Å²) in [6.45, 7) is 2.80. The first-order chi connectivity index (χ1) is 12.2. The first-order valence-electron chi connectivity index (χ1n) is 8.68. The van der Waals surface area contributed by atoms with Crippen LogP contribution in [0.25, 0.3) is 11.4 Å². The number of likely N-dealkylation sites (tertiary alicyclic amines) is 1. The summed E-state index contributed by atoms with van der Waals surface area (Å²) in [5, 5.41) is 3.07. The third-order valence-electron chi connectivity index (χ3n) is 5.07. The van der Waals surface area contributed by atoms with Crippen LogP contribution in [0.1, 0.15) is 18.4 Å². The number of aromatic nitrogens is 2. The fourth-order valence-corrected chi connectivity index (χ4v) is 3.74. The van der Waals surface area contributed by atoms with Gasteiger partial charge in [-0.1, -0.05) is 0 Å². The molecule has 1 aromatic heterocycles. The van der Waals surface area contributed by atoms with Crippen molar-refractivity contribution in [1.29, 1.82) is 0 Å². The summed E-state index contributed by atoms with van der Waals surface area (Å²) in [4.78, 5) is 22.9. The SMILES string of the molecule is COc1ccc(-c2ncc(CN3CC[C@@H]4NC(=O)C[C@@H]4C3)cn2)cc1. The number of amides is 1. The van der Waals surface area contributed by atoms with E-state index in [-0.39, 0.29) is 5.91 Å². The van der Waals surface area contributed by atoms with Gasteiger partial charge in [0.1, 0.15) is 5.75 Å². The molecule has 25 heavy (non-hydrogen) atoms. The lowest BCUT2D eigenvalue weighted by Gasteiger charge is -2.34. The van der Waals surface area contributed by atoms with Crippen LogP contribution in [0.3, 0.4) is 0 Å². The molecule has 2 aliphatic heterocycles. The summed E-state index contributed by atoms with van der Waals surface area (Å²) in [7, 11) is 1.65. The highest BCUT2D eigenvalue weighted by molar-refractivity contribution is 5.79. The van der Waals surface area contributed by atoms with E-state index in [9.17, 15) is 4.79 Å². The van der Waals surface area contributed by atoms with Crippen LogP contribution >= 0.6 is 0 Å². The van der Waals surface area contributed by atoms with Crippen molar-refractivity contribution in [3.63, 3.8) is 0 Å². The molecular formula is C19H22N4O2. The molecule has 4 rings (SSSR count). The zero-order valence-electron chi connectivity index (χ0n) is 14.3. The summed E-state index contributed by atoms with van der Waals surface area (Å²) >= 11 is 0. The second-order valence-corrected chi connectivity index (χ2v) is 6.81. The predicted molar refractivity (Wildman–Crippen MR) is 94.0 cm³/mol. The molecule has 0 spiro atoms. The Morgan fingerprint density at radius 3 is 2.72 bits per heavy atom. The van der Waals surface area contributed by atoms with Crippen LogP contribution in [0.15, 0.2) is 36.7 Å². The number of fused-ring (bicyclic) bond motifs is 1. The van der Waals surface area contributed by atoms with Crippen LogP contribution in [0.4, 0.5) is 0 Å². The quantitative estimate of drug-likeness (QED) is 0.922. The molecule has 1 aromatic carbocycles. The molecule has 2 atom stereocenters. The van der Waals surface area contributed by atoms with Crippen LogP contribution in [-0.4, -0.2) is 47.0 Å². The standard InChI is InChI=1S/C19H22N4O2/c1-25-16-4-2-14(3-5-16)19-20-9-13(10-21-19)11-23-7-6-17-15(12-23)8-18(24)22-17/h2-5,9-10,15,17H,6-8,11-12H2,1H3,(H,22,24)/t15-,17+/m1/s1. The van der Waals surface area contributed by atoms with E-state index in [0.29, 0.717) is 18.4 Å². The highest BCUT2D eigenvalue weighted by atomic mass is 16.5. The fourth-order valence-electron chi connectivity index (χ4n) is 3.74. The molecule has 0 unspecified atom stereocenters. The molecule has 3 heterocycles. The average Bonchev–Trinajstić information content (AvgIpc) is 3.02. The van der Waals surface area contributed by atoms with Crippen molar-refractivity contribution in [2.45, 2.75) is 25.4 Å². The molecule has 2 aromatic rings. The van der Waals surface area contributed by atoms with Crippen molar-refractivity contribution in [3.05, 3.63) is 42.2 Å². The van der Waals surface area contributed by atoms with Gasteiger partial charge in [0, 0.05) is 61.5 Å². The van der Waals surface area contributed by atoms with Gasteiger partial charge in [-0.15, -0.1) is 0 Å². The highest BCUT2D eigenvalue weighted by Crippen LogP contribution is 2.26. The van der Waals surface area contributed by atoms with Gasteiger partial charge >= 0.3 is 0 Å². The number of methoxy groups -OCH3 is 1. The van der Waals surface area contributed by atoms with Crippen molar-refractivity contribution in [1.82, 2.24) is 20.2 Å². The Labute approximate surface area is 147 Å². The third kappa shape index (κ3) is 3.49. The smallest absolute Gasteiger partial charge is 0.220 e. The van der Waals surface area contributed by atoms with Gasteiger partial charge in [-0.3, -0.25) is 9.69 Å². The maximum atomic E-state index is 11.5. The lowest BCUT2D eigenvalue weighted by atomic mass is 9.93. The van der Waals surface area contributed by atoms with Crippen molar-refractivity contribution in [2.24, 2.45) is 5.92 Å². The van der Waals surface area contributed by atoms with E-state index >= 15 is 0 Å². The lowest BCUT2D eigenvalue weighted by molar-refractivity contribution is -0.119. The van der Waals surface area contributed by atoms with Crippen molar-refractivity contribution in [2.75, 3.05) is 20.2 Å². The van der Waals surface area contributed by atoms with Gasteiger partial charge in [-0.2, -0.15) is 0 Å². The average molecular weight is 338 g/mol. The van der Waals surface area contributed by atoms with E-state index in [1.807, 2.05) is 36.7 Å². The molecule has 0 bridgehead atoms. The van der Waals surface area contributed by atoms with Crippen LogP contribution in [-0.2, 0) is 11.3 Å². The number of benzene rings is 1. The fraction of sp³-hybridized carbons (Fsp3) is 0.421. The number of carbonyl (C=O) groups excluding carboxylic acids is 1. The van der Waals surface area contributed by atoms with Crippen molar-refractivity contribution < 1.29 is 9.53 Å². The number of carbonyl (C=O) groups is 1. The summed E-state index contributed by atoms with van der Waals surface area (Å²) in [5.74, 6) is 2.18. The summed E-state index contributed by atoms with van der Waals surface area (Å²) in [6.07, 6.45) is 5.49. The number of hydrogen-bond donors (Lipinski definition) is 1. The van der Waals surface area contributed by atoms with Crippen molar-refractivity contribution >= 4 is 5.91 Å². The van der Waals surface area contributed by atoms with E-state index in [1.54, 1.807) is 7.11 Å². The number of nitrogens with zero attached hydrogens (tertiary/aromatic N) is 3. The number of nitrogens with one attached hydrogen (secondary N) is 1. The topological polar surface area (TPSA) is 67.3 Å². The Hall–Kier alpha value is -2.47. The normalized spacial score (nSPS) is 23.2. The van der Waals surface area contributed by atoms with E-state index in [2.05, 4.69) is 20.2 Å². The Morgan fingerprint density at radius 1 is 1.24 bits per heavy atom. The maximum Gasteiger partial charge on any atom is 0.220 e. The Morgan fingerprint density at radius 2 is 2.00 bits per heavy atom. The molecule has 1 N–H and O–H groups in total. The highest BCUT2D eigenvalue weighted by Gasteiger charge is 2.36. The zero-order chi connectivity index (χ0) is 17.2. The van der Waals surface area contributed by atoms with Crippen LogP contribution in [0.5, 0.6) is 5.75 Å². The maximum absolute atomic E-state index is 11.5. The van der Waals surface area contributed by atoms with Gasteiger partial charge < -0.3 is 10.1 Å². The molecule has 2 saturated heterocycles. The van der Waals surface area contributed by atoms with Crippen LogP contribution in [0.2, 0.25) is 0 Å². The first-order valence-corrected chi connectivity index (χ1v) is 8.68. The predicted octanol–water partition coefficient (Wildman–Crippen LogP) is 1.86. The lowest BCUT2D eigenvalue weighted by Crippen LogP contribution is -2.44. The monoisotopic (exact) mass is 338 g/mol. The molecule has 6 heteroatoms. The summed E-state index contributed by atoms with van der Waals surface area (Å²) in [6, 6.07) is 8.12. The summed E-state index contributed by atoms with van der Waals surface area (Å²) < 4.78 is 5.17. The molecule has 0 radical (unpaired) electrons. The Kier molecular flexibility index (Phi) is 4.36. The molecule has 0 saturated carbocycles. The van der Waals surface area contributed by atoms with E-state index in [0.717, 1.165) is 48.8 Å². The first kappa shape index (κ1) is 16.0. The van der Waals surface area contributed by atoms with Gasteiger partial charge in [-0.05, 0) is 30.7 Å². The third-order valence-corrected chi connectivity index (χ3v) is 5.07. The molecule has 130 valence electrons. The number of ether oxygens (including phenoxy) is 1. The Bertz CT molecular complexity index is 745. The van der Waals surface area contributed by atoms with Gasteiger partial charge in [-0.25, -0.2) is 9.97 Å². The second-order valence-electron chi connectivity index (χ2n) is 6.81. The van der Waals surface area contributed by atoms with Crippen molar-refractivity contribution in [3.8, 4) is 17.1 Å². The molecular weight excluding hydrogens is 316 g/mol. The number of rotatable bonds is 4. The summed E-state index contributed by atoms with van der Waals surface area (Å²) in [5.41, 5.74) is 2.08. The largest absolute Gasteiger partial charge is 0.497 e. The number of hydrogen-bond acceptors (Lipinski definition) is 5. The van der Waals surface area contributed by atoms with Gasteiger partial charge in [0.15, 0.2) is 5.82 Å². The van der Waals surface area contributed by atoms with Gasteiger partial charge in [0.25, 0.3) is 0 Å². The van der Waals surface area contributed by atoms with Crippen LogP contribution < -0.4 is 10.1 Å². The minimum atomic E-state index is 0.198. The van der Waals surface area contributed by atoms with Gasteiger partial charge in [0.2, 0.25) is 5.91 Å². The zero-order valence-corrected chi connectivity index (χ0v) is 14.3. The minimum absolute atomic E-state index is 0.198.